The molecule has 10 heavy (non-hydrogen) atoms. The second kappa shape index (κ2) is 5.61. The van der Waals surface area contributed by atoms with Crippen molar-refractivity contribution < 1.29 is 9.57 Å². The van der Waals surface area contributed by atoms with E-state index in [0.29, 0.717) is 0 Å². The number of hydroxylamine groups is 1. The third kappa shape index (κ3) is 3.79. The molecule has 0 bridgehead atoms. The van der Waals surface area contributed by atoms with Gasteiger partial charge in [-0.1, -0.05) is 0 Å². The molecular formula is C6H14N2O2. The fraction of sp³-hybridized carbons (Fsp3) is 1.00. The Morgan fingerprint density at radius 3 is 2.30 bits per heavy atom. The molecule has 0 radical (unpaired) electrons. The fourth-order valence-corrected chi connectivity index (χ4v) is 0.722. The van der Waals surface area contributed by atoms with Crippen LogP contribution in [0.4, 0.5) is 0 Å². The van der Waals surface area contributed by atoms with E-state index in [1.165, 1.54) is 6.42 Å². The Morgan fingerprint density at radius 2 is 2.10 bits per heavy atom. The first-order valence-electron chi connectivity index (χ1n) is 3.63. The van der Waals surface area contributed by atoms with Gasteiger partial charge in [-0.05, 0) is 6.42 Å². The zero-order chi connectivity index (χ0) is 7.07. The predicted octanol–water partition coefficient (Wildman–Crippen LogP) is -0.525. The smallest absolute Gasteiger partial charge is 0.0966 e. The Balaban J connectivity index is 0.0000001000. The number of ether oxygens (including phenoxy) is 1. The van der Waals surface area contributed by atoms with Crippen LogP contribution in [0.2, 0.25) is 0 Å². The molecule has 60 valence electrons. The summed E-state index contributed by atoms with van der Waals surface area (Å²) in [6.07, 6.45) is 1.17. The average molecular weight is 146 g/mol. The first kappa shape index (κ1) is 7.94. The highest BCUT2D eigenvalue weighted by Crippen LogP contribution is 1.83. The van der Waals surface area contributed by atoms with Crippen molar-refractivity contribution in [1.29, 1.82) is 0 Å². The van der Waals surface area contributed by atoms with Crippen molar-refractivity contribution in [2.75, 3.05) is 33.0 Å². The van der Waals surface area contributed by atoms with Gasteiger partial charge in [0.2, 0.25) is 0 Å². The Bertz CT molecular complexity index is 46.9. The minimum atomic E-state index is 0.750. The van der Waals surface area contributed by atoms with E-state index in [9.17, 15) is 0 Å². The lowest BCUT2D eigenvalue weighted by Crippen LogP contribution is -2.05. The molecule has 0 aromatic rings. The van der Waals surface area contributed by atoms with Crippen molar-refractivity contribution in [3.63, 3.8) is 0 Å². The minimum absolute atomic E-state index is 0.750. The summed E-state index contributed by atoms with van der Waals surface area (Å²) in [6.45, 7) is 4.58. The van der Waals surface area contributed by atoms with Gasteiger partial charge in [-0.25, -0.2) is 5.48 Å². The highest BCUT2D eigenvalue weighted by molar-refractivity contribution is 4.43. The van der Waals surface area contributed by atoms with Crippen molar-refractivity contribution >= 4 is 0 Å². The van der Waals surface area contributed by atoms with Crippen molar-refractivity contribution in [3.8, 4) is 0 Å². The summed E-state index contributed by atoms with van der Waals surface area (Å²) in [5.74, 6) is 0. The zero-order valence-corrected chi connectivity index (χ0v) is 6.06. The number of hydrogen-bond acceptors (Lipinski definition) is 4. The number of nitrogens with one attached hydrogen (secondary N) is 2. The Labute approximate surface area is 60.8 Å². The summed E-state index contributed by atoms with van der Waals surface area (Å²) < 4.78 is 4.83. The van der Waals surface area contributed by atoms with Gasteiger partial charge in [-0.3, -0.25) is 5.32 Å². The maximum absolute atomic E-state index is 4.83. The molecular weight excluding hydrogens is 132 g/mol. The van der Waals surface area contributed by atoms with E-state index in [1.54, 1.807) is 0 Å². The fourth-order valence-electron chi connectivity index (χ4n) is 0.722. The molecule has 0 amide bonds. The van der Waals surface area contributed by atoms with E-state index in [4.69, 9.17) is 9.57 Å². The molecule has 2 rings (SSSR count). The van der Waals surface area contributed by atoms with Crippen LogP contribution in [-0.4, -0.2) is 33.0 Å². The van der Waals surface area contributed by atoms with Gasteiger partial charge in [0.15, 0.2) is 0 Å². The Hall–Kier alpha value is -0.160. The van der Waals surface area contributed by atoms with Crippen LogP contribution in [0, 0.1) is 0 Å². The van der Waals surface area contributed by atoms with Crippen LogP contribution in [0.15, 0.2) is 0 Å². The van der Waals surface area contributed by atoms with E-state index in [-0.39, 0.29) is 0 Å². The summed E-state index contributed by atoms with van der Waals surface area (Å²) >= 11 is 0. The number of hydrogen-bond donors (Lipinski definition) is 2. The molecule has 0 atom stereocenters. The third-order valence-corrected chi connectivity index (χ3v) is 1.25. The predicted molar refractivity (Wildman–Crippen MR) is 37.4 cm³/mol. The highest BCUT2D eigenvalue weighted by Gasteiger charge is 1.93. The van der Waals surface area contributed by atoms with Crippen LogP contribution < -0.4 is 10.8 Å². The molecule has 2 aliphatic rings. The summed E-state index contributed by atoms with van der Waals surface area (Å²) in [4.78, 5) is 4.69. The molecule has 0 unspecified atom stereocenters. The van der Waals surface area contributed by atoms with Crippen molar-refractivity contribution in [2.24, 2.45) is 0 Å². The van der Waals surface area contributed by atoms with Gasteiger partial charge in [0.05, 0.1) is 19.9 Å². The monoisotopic (exact) mass is 146 g/mol. The standard InChI is InChI=1S/2C3H7NO/c1-2-5-3-4-1;1-2-4-5-3-1/h2*4H,1-3H2. The quantitative estimate of drug-likeness (QED) is 0.482. The average Bonchev–Trinajstić information content (AvgIpc) is 2.67. The lowest BCUT2D eigenvalue weighted by Gasteiger charge is -1.80. The summed E-state index contributed by atoms with van der Waals surface area (Å²) in [5, 5.41) is 3.00. The van der Waals surface area contributed by atoms with Crippen LogP contribution in [0.1, 0.15) is 6.42 Å². The first-order chi connectivity index (χ1) is 5.00. The van der Waals surface area contributed by atoms with Crippen LogP contribution >= 0.6 is 0 Å². The van der Waals surface area contributed by atoms with Crippen molar-refractivity contribution in [1.82, 2.24) is 10.8 Å². The van der Waals surface area contributed by atoms with E-state index >= 15 is 0 Å². The Morgan fingerprint density at radius 1 is 1.10 bits per heavy atom. The molecule has 0 aromatic heterocycles. The normalized spacial score (nSPS) is 24.0. The van der Waals surface area contributed by atoms with Gasteiger partial charge >= 0.3 is 0 Å². The molecule has 0 aromatic carbocycles. The minimum Gasteiger partial charge on any atom is -0.365 e. The second-order valence-electron chi connectivity index (χ2n) is 2.15. The van der Waals surface area contributed by atoms with E-state index < -0.39 is 0 Å². The largest absolute Gasteiger partial charge is 0.365 e. The maximum Gasteiger partial charge on any atom is 0.0966 e. The van der Waals surface area contributed by atoms with Crippen LogP contribution in [0.3, 0.4) is 0 Å². The van der Waals surface area contributed by atoms with Gasteiger partial charge in [0, 0.05) is 13.1 Å². The first-order valence-corrected chi connectivity index (χ1v) is 3.63. The van der Waals surface area contributed by atoms with E-state index in [1.807, 2.05) is 0 Å². The molecule has 0 aliphatic carbocycles. The molecule has 4 heteroatoms. The van der Waals surface area contributed by atoms with Gasteiger partial charge in [0.1, 0.15) is 0 Å². The third-order valence-electron chi connectivity index (χ3n) is 1.25. The summed E-state index contributed by atoms with van der Waals surface area (Å²) in [6, 6.07) is 0. The van der Waals surface area contributed by atoms with Crippen LogP contribution in [-0.2, 0) is 9.57 Å². The Kier molecular flexibility index (Phi) is 4.46. The number of rotatable bonds is 0. The van der Waals surface area contributed by atoms with Crippen molar-refractivity contribution in [3.05, 3.63) is 0 Å². The molecule has 2 saturated heterocycles. The highest BCUT2D eigenvalue weighted by atomic mass is 16.6. The summed E-state index contributed by atoms with van der Waals surface area (Å²) in [7, 11) is 0. The lowest BCUT2D eigenvalue weighted by molar-refractivity contribution is 0.103. The van der Waals surface area contributed by atoms with Gasteiger partial charge in [-0.15, -0.1) is 0 Å². The second-order valence-corrected chi connectivity index (χ2v) is 2.15. The summed E-state index contributed by atoms with van der Waals surface area (Å²) in [5.41, 5.74) is 2.72. The maximum atomic E-state index is 4.83. The van der Waals surface area contributed by atoms with Gasteiger partial charge in [-0.2, -0.15) is 0 Å². The molecule has 4 nitrogen and oxygen atoms in total. The van der Waals surface area contributed by atoms with Gasteiger partial charge < -0.3 is 9.57 Å². The molecule has 2 aliphatic heterocycles. The molecule has 0 saturated carbocycles. The topological polar surface area (TPSA) is 42.5 Å². The van der Waals surface area contributed by atoms with E-state index in [2.05, 4.69) is 10.8 Å². The SMILES string of the molecule is C1CNOC1.C1COCN1. The molecule has 0 spiro atoms. The molecule has 2 fully saturated rings. The zero-order valence-electron chi connectivity index (χ0n) is 6.06. The lowest BCUT2D eigenvalue weighted by atomic mass is 10.5. The molecule has 2 heterocycles. The van der Waals surface area contributed by atoms with Crippen LogP contribution in [0.25, 0.3) is 0 Å². The van der Waals surface area contributed by atoms with Crippen molar-refractivity contribution in [2.45, 2.75) is 6.42 Å². The van der Waals surface area contributed by atoms with Crippen LogP contribution in [0.5, 0.6) is 0 Å². The van der Waals surface area contributed by atoms with E-state index in [0.717, 1.165) is 33.0 Å². The molecule has 2 N–H and O–H groups in total. The van der Waals surface area contributed by atoms with Gasteiger partial charge in [0.25, 0.3) is 0 Å².